The largest absolute Gasteiger partial charge is 0.480 e. The van der Waals surface area contributed by atoms with Crippen LogP contribution in [0.25, 0.3) is 0 Å². The van der Waals surface area contributed by atoms with Crippen molar-refractivity contribution in [3.8, 4) is 0 Å². The zero-order valence-corrected chi connectivity index (χ0v) is 9.10. The molecule has 0 aliphatic carbocycles. The Morgan fingerprint density at radius 2 is 2.00 bits per heavy atom. The Labute approximate surface area is 83.9 Å². The van der Waals surface area contributed by atoms with Crippen molar-refractivity contribution in [3.05, 3.63) is 0 Å². The van der Waals surface area contributed by atoms with Gasteiger partial charge in [-0.1, -0.05) is 13.8 Å². The molecule has 0 rings (SSSR count). The number of nitrogens with one attached hydrogen (secondary N) is 2. The molecule has 0 heterocycles. The summed E-state index contributed by atoms with van der Waals surface area (Å²) in [6, 6.07) is -1.07. The van der Waals surface area contributed by atoms with Gasteiger partial charge >= 0.3 is 5.97 Å². The highest BCUT2D eigenvalue weighted by Gasteiger charge is 2.21. The van der Waals surface area contributed by atoms with E-state index in [9.17, 15) is 13.2 Å². The summed E-state index contributed by atoms with van der Waals surface area (Å²) in [5, 5.41) is 8.61. The van der Waals surface area contributed by atoms with Crippen LogP contribution in [0.15, 0.2) is 0 Å². The molecule has 0 spiro atoms. The van der Waals surface area contributed by atoms with E-state index >= 15 is 0 Å². The lowest BCUT2D eigenvalue weighted by molar-refractivity contribution is -0.139. The molecular formula is C7H16N2O4S. The number of rotatable bonds is 7. The van der Waals surface area contributed by atoms with Gasteiger partial charge in [0.1, 0.15) is 6.04 Å². The second kappa shape index (κ2) is 5.94. The summed E-state index contributed by atoms with van der Waals surface area (Å²) in [5.74, 6) is -1.17. The molecule has 0 aromatic carbocycles. The molecule has 0 aliphatic rings. The molecule has 0 amide bonds. The van der Waals surface area contributed by atoms with Gasteiger partial charge in [-0.15, -0.1) is 0 Å². The van der Waals surface area contributed by atoms with Crippen molar-refractivity contribution in [2.24, 2.45) is 0 Å². The molecule has 0 saturated carbocycles. The van der Waals surface area contributed by atoms with Crippen LogP contribution in [0.5, 0.6) is 0 Å². The number of hydrogen-bond donors (Lipinski definition) is 3. The van der Waals surface area contributed by atoms with E-state index in [1.807, 2.05) is 11.6 Å². The molecule has 0 unspecified atom stereocenters. The minimum absolute atomic E-state index is 0.211. The van der Waals surface area contributed by atoms with Gasteiger partial charge in [-0.25, -0.2) is 4.72 Å². The van der Waals surface area contributed by atoms with Crippen LogP contribution in [0, 0.1) is 0 Å². The zero-order chi connectivity index (χ0) is 11.2. The maximum atomic E-state index is 11.2. The van der Waals surface area contributed by atoms with Crippen molar-refractivity contribution in [1.82, 2.24) is 9.44 Å². The topological polar surface area (TPSA) is 95.5 Å². The first kappa shape index (κ1) is 13.3. The molecule has 84 valence electrons. The van der Waals surface area contributed by atoms with Crippen molar-refractivity contribution in [1.29, 1.82) is 0 Å². The Bertz CT molecular complexity index is 275. The predicted octanol–water partition coefficient (Wildman–Crippen LogP) is -0.316. The summed E-state index contributed by atoms with van der Waals surface area (Å²) in [7, 11) is -3.68. The molecule has 1 atom stereocenters. The average molecular weight is 224 g/mol. The fourth-order valence-corrected chi connectivity index (χ4v) is 1.97. The summed E-state index contributed by atoms with van der Waals surface area (Å²) in [6.45, 7) is 3.71. The van der Waals surface area contributed by atoms with E-state index in [4.69, 9.17) is 5.11 Å². The molecule has 0 bridgehead atoms. The van der Waals surface area contributed by atoms with Gasteiger partial charge in [0.2, 0.25) is 0 Å². The summed E-state index contributed by atoms with van der Waals surface area (Å²) >= 11 is 0. The Morgan fingerprint density at radius 3 is 2.36 bits per heavy atom. The SMILES string of the molecule is CCCNS(=O)(=O)N[C@H](CC)C(=O)O. The second-order valence-electron chi connectivity index (χ2n) is 2.81. The molecule has 7 heteroatoms. The van der Waals surface area contributed by atoms with E-state index in [0.717, 1.165) is 0 Å². The van der Waals surface area contributed by atoms with Gasteiger partial charge in [-0.2, -0.15) is 13.1 Å². The van der Waals surface area contributed by atoms with Crippen molar-refractivity contribution in [2.75, 3.05) is 6.54 Å². The van der Waals surface area contributed by atoms with E-state index in [1.54, 1.807) is 6.92 Å². The lowest BCUT2D eigenvalue weighted by Crippen LogP contribution is -2.46. The van der Waals surface area contributed by atoms with E-state index in [2.05, 4.69) is 4.72 Å². The van der Waals surface area contributed by atoms with Gasteiger partial charge in [0.05, 0.1) is 0 Å². The minimum Gasteiger partial charge on any atom is -0.480 e. The van der Waals surface area contributed by atoms with Crippen LogP contribution in [-0.2, 0) is 15.0 Å². The Morgan fingerprint density at radius 1 is 1.43 bits per heavy atom. The molecule has 3 N–H and O–H groups in total. The first-order chi connectivity index (χ1) is 6.43. The number of carboxylic acids is 1. The molecule has 0 fully saturated rings. The molecule has 0 radical (unpaired) electrons. The molecular weight excluding hydrogens is 208 g/mol. The quantitative estimate of drug-likeness (QED) is 0.552. The van der Waals surface area contributed by atoms with Crippen LogP contribution < -0.4 is 9.44 Å². The highest BCUT2D eigenvalue weighted by molar-refractivity contribution is 7.87. The fraction of sp³-hybridized carbons (Fsp3) is 0.857. The summed E-state index contributed by atoms with van der Waals surface area (Å²) in [5.41, 5.74) is 0. The summed E-state index contributed by atoms with van der Waals surface area (Å²) in [4.78, 5) is 10.5. The summed E-state index contributed by atoms with van der Waals surface area (Å²) in [6.07, 6.45) is 0.868. The van der Waals surface area contributed by atoms with Crippen LogP contribution >= 0.6 is 0 Å². The normalized spacial score (nSPS) is 13.9. The maximum absolute atomic E-state index is 11.2. The third kappa shape index (κ3) is 5.15. The first-order valence-corrected chi connectivity index (χ1v) is 5.91. The Kier molecular flexibility index (Phi) is 5.66. The molecule has 0 aromatic heterocycles. The lowest BCUT2D eigenvalue weighted by atomic mass is 10.2. The Balaban J connectivity index is 4.26. The van der Waals surface area contributed by atoms with Crippen LogP contribution in [0.1, 0.15) is 26.7 Å². The van der Waals surface area contributed by atoms with Crippen molar-refractivity contribution < 1.29 is 18.3 Å². The molecule has 0 aliphatic heterocycles. The highest BCUT2D eigenvalue weighted by Crippen LogP contribution is 1.93. The van der Waals surface area contributed by atoms with Gasteiger partial charge < -0.3 is 5.11 Å². The third-order valence-electron chi connectivity index (χ3n) is 1.55. The standard InChI is InChI=1S/C7H16N2O4S/c1-3-5-8-14(12,13)9-6(4-2)7(10)11/h6,8-9H,3-5H2,1-2H3,(H,10,11)/t6-/m1/s1. The first-order valence-electron chi connectivity index (χ1n) is 4.42. The Hall–Kier alpha value is -0.660. The van der Waals surface area contributed by atoms with Crippen LogP contribution in [-0.4, -0.2) is 32.1 Å². The van der Waals surface area contributed by atoms with Crippen molar-refractivity contribution >= 4 is 16.2 Å². The smallest absolute Gasteiger partial charge is 0.321 e. The molecule has 14 heavy (non-hydrogen) atoms. The van der Waals surface area contributed by atoms with E-state index < -0.39 is 22.2 Å². The monoisotopic (exact) mass is 224 g/mol. The van der Waals surface area contributed by atoms with E-state index in [-0.39, 0.29) is 6.42 Å². The maximum Gasteiger partial charge on any atom is 0.321 e. The fourth-order valence-electron chi connectivity index (χ4n) is 0.774. The molecule has 0 saturated heterocycles. The number of hydrogen-bond acceptors (Lipinski definition) is 3. The number of aliphatic carboxylic acids is 1. The van der Waals surface area contributed by atoms with E-state index in [0.29, 0.717) is 13.0 Å². The zero-order valence-electron chi connectivity index (χ0n) is 8.28. The highest BCUT2D eigenvalue weighted by atomic mass is 32.2. The minimum atomic E-state index is -3.68. The number of carboxylic acid groups (broad SMARTS) is 1. The van der Waals surface area contributed by atoms with Gasteiger partial charge in [-0.3, -0.25) is 4.79 Å². The van der Waals surface area contributed by atoms with Gasteiger partial charge in [-0.05, 0) is 12.8 Å². The van der Waals surface area contributed by atoms with E-state index in [1.165, 1.54) is 0 Å². The van der Waals surface area contributed by atoms with Crippen LogP contribution in [0.4, 0.5) is 0 Å². The van der Waals surface area contributed by atoms with Crippen LogP contribution in [0.3, 0.4) is 0 Å². The summed E-state index contributed by atoms with van der Waals surface area (Å²) < 4.78 is 26.6. The molecule has 0 aromatic rings. The third-order valence-corrected chi connectivity index (χ3v) is 2.72. The van der Waals surface area contributed by atoms with Crippen LogP contribution in [0.2, 0.25) is 0 Å². The van der Waals surface area contributed by atoms with Gasteiger partial charge in [0.25, 0.3) is 10.2 Å². The average Bonchev–Trinajstić information content (AvgIpc) is 2.10. The van der Waals surface area contributed by atoms with Crippen molar-refractivity contribution in [3.63, 3.8) is 0 Å². The number of carbonyl (C=O) groups is 1. The van der Waals surface area contributed by atoms with Crippen molar-refractivity contribution in [2.45, 2.75) is 32.7 Å². The van der Waals surface area contributed by atoms with Gasteiger partial charge in [0, 0.05) is 6.54 Å². The van der Waals surface area contributed by atoms with Gasteiger partial charge in [0.15, 0.2) is 0 Å². The lowest BCUT2D eigenvalue weighted by Gasteiger charge is -2.12. The second-order valence-corrected chi connectivity index (χ2v) is 4.35. The molecule has 6 nitrogen and oxygen atoms in total. The predicted molar refractivity (Wildman–Crippen MR) is 52.1 cm³/mol.